The fourth-order valence-electron chi connectivity index (χ4n) is 2.51. The Kier molecular flexibility index (Phi) is 6.08. The Morgan fingerprint density at radius 1 is 1.45 bits per heavy atom. The maximum absolute atomic E-state index is 6.22. The quantitative estimate of drug-likeness (QED) is 0.645. The van der Waals surface area contributed by atoms with Crippen LogP contribution in [0.15, 0.2) is 18.2 Å². The number of hydrogen-bond acceptors (Lipinski definition) is 4. The van der Waals surface area contributed by atoms with Crippen molar-refractivity contribution in [3.05, 3.63) is 33.8 Å². The highest BCUT2D eigenvalue weighted by atomic mass is 35.5. The second-order valence-electron chi connectivity index (χ2n) is 4.98. The number of benzene rings is 1. The van der Waals surface area contributed by atoms with Crippen molar-refractivity contribution >= 4 is 23.2 Å². The Labute approximate surface area is 130 Å². The number of nitrogens with one attached hydrogen (secondary N) is 1. The number of ether oxygens (including phenoxy) is 1. The molecule has 0 spiro atoms. The zero-order chi connectivity index (χ0) is 14.5. The van der Waals surface area contributed by atoms with Gasteiger partial charge in [-0.2, -0.15) is 0 Å². The number of hydrazine groups is 1. The summed E-state index contributed by atoms with van der Waals surface area (Å²) in [6.45, 7) is 5.74. The van der Waals surface area contributed by atoms with Crippen LogP contribution in [0, 0.1) is 0 Å². The van der Waals surface area contributed by atoms with E-state index in [4.69, 9.17) is 33.8 Å². The van der Waals surface area contributed by atoms with Gasteiger partial charge >= 0.3 is 0 Å². The lowest BCUT2D eigenvalue weighted by Gasteiger charge is -2.36. The van der Waals surface area contributed by atoms with E-state index in [1.165, 1.54) is 0 Å². The molecule has 2 atom stereocenters. The van der Waals surface area contributed by atoms with E-state index in [-0.39, 0.29) is 12.1 Å². The molecule has 0 radical (unpaired) electrons. The monoisotopic (exact) mass is 317 g/mol. The molecule has 1 aliphatic heterocycles. The number of nitrogens with zero attached hydrogens (tertiary/aromatic N) is 1. The summed E-state index contributed by atoms with van der Waals surface area (Å²) in [5.41, 5.74) is 3.76. The number of morpholine rings is 1. The van der Waals surface area contributed by atoms with E-state index >= 15 is 0 Å². The van der Waals surface area contributed by atoms with Crippen LogP contribution in [0.5, 0.6) is 0 Å². The summed E-state index contributed by atoms with van der Waals surface area (Å²) in [6, 6.07) is 5.52. The Morgan fingerprint density at radius 2 is 2.15 bits per heavy atom. The molecule has 1 aromatic rings. The van der Waals surface area contributed by atoms with Gasteiger partial charge in [-0.1, -0.05) is 36.2 Å². The van der Waals surface area contributed by atoms with E-state index in [0.29, 0.717) is 16.5 Å². The van der Waals surface area contributed by atoms with Crippen LogP contribution in [0.1, 0.15) is 12.5 Å². The molecule has 1 aliphatic rings. The lowest BCUT2D eigenvalue weighted by Crippen LogP contribution is -2.54. The minimum Gasteiger partial charge on any atom is -0.374 e. The molecule has 4 nitrogen and oxygen atoms in total. The van der Waals surface area contributed by atoms with E-state index in [0.717, 1.165) is 31.8 Å². The fourth-order valence-corrected chi connectivity index (χ4v) is 3.06. The molecule has 0 saturated carbocycles. The van der Waals surface area contributed by atoms with Gasteiger partial charge < -0.3 is 4.74 Å². The normalized spacial score (nSPS) is 21.9. The van der Waals surface area contributed by atoms with Crippen LogP contribution in [-0.2, 0) is 11.2 Å². The molecule has 0 aliphatic carbocycles. The van der Waals surface area contributed by atoms with Crippen molar-refractivity contribution in [1.29, 1.82) is 0 Å². The highest BCUT2D eigenvalue weighted by Gasteiger charge is 2.28. The van der Waals surface area contributed by atoms with Crippen molar-refractivity contribution < 1.29 is 4.74 Å². The Bertz CT molecular complexity index is 424. The topological polar surface area (TPSA) is 50.5 Å². The van der Waals surface area contributed by atoms with Crippen molar-refractivity contribution in [3.63, 3.8) is 0 Å². The molecule has 1 saturated heterocycles. The molecule has 2 rings (SSSR count). The summed E-state index contributed by atoms with van der Waals surface area (Å²) >= 11 is 12.4. The van der Waals surface area contributed by atoms with Gasteiger partial charge in [-0.25, -0.2) is 0 Å². The van der Waals surface area contributed by atoms with Gasteiger partial charge in [-0.05, 0) is 30.7 Å². The van der Waals surface area contributed by atoms with Gasteiger partial charge in [0.25, 0.3) is 0 Å². The molecule has 112 valence electrons. The third kappa shape index (κ3) is 3.85. The molecule has 1 aromatic carbocycles. The van der Waals surface area contributed by atoms with Crippen LogP contribution in [0.25, 0.3) is 0 Å². The lowest BCUT2D eigenvalue weighted by molar-refractivity contribution is -0.0447. The average molecular weight is 318 g/mol. The van der Waals surface area contributed by atoms with Gasteiger partial charge in [-0.3, -0.25) is 16.2 Å². The van der Waals surface area contributed by atoms with Crippen molar-refractivity contribution in [2.24, 2.45) is 5.84 Å². The minimum absolute atomic E-state index is 0.0123. The van der Waals surface area contributed by atoms with Crippen LogP contribution >= 0.6 is 23.2 Å². The highest BCUT2D eigenvalue weighted by molar-refractivity contribution is 6.36. The van der Waals surface area contributed by atoms with Gasteiger partial charge in [0.1, 0.15) is 0 Å². The molecule has 1 heterocycles. The van der Waals surface area contributed by atoms with E-state index in [9.17, 15) is 0 Å². The number of rotatable bonds is 5. The molecule has 6 heteroatoms. The molecule has 2 unspecified atom stereocenters. The average Bonchev–Trinajstić information content (AvgIpc) is 2.47. The predicted molar refractivity (Wildman–Crippen MR) is 83.1 cm³/mol. The molecule has 0 amide bonds. The Hall–Kier alpha value is -0.360. The van der Waals surface area contributed by atoms with Gasteiger partial charge in [0.05, 0.1) is 18.8 Å². The first-order chi connectivity index (χ1) is 9.65. The zero-order valence-corrected chi connectivity index (χ0v) is 13.1. The third-order valence-corrected chi connectivity index (χ3v) is 4.48. The van der Waals surface area contributed by atoms with Crippen LogP contribution in [0.3, 0.4) is 0 Å². The molecule has 3 N–H and O–H groups in total. The van der Waals surface area contributed by atoms with Gasteiger partial charge in [0.2, 0.25) is 0 Å². The maximum atomic E-state index is 6.22. The number of hydrogen-bond donors (Lipinski definition) is 2. The summed E-state index contributed by atoms with van der Waals surface area (Å²) in [7, 11) is 0. The molecule has 0 bridgehead atoms. The smallest absolute Gasteiger partial charge is 0.0871 e. The second kappa shape index (κ2) is 7.59. The van der Waals surface area contributed by atoms with Crippen molar-refractivity contribution in [3.8, 4) is 0 Å². The first-order valence-electron chi connectivity index (χ1n) is 6.88. The third-order valence-electron chi connectivity index (χ3n) is 3.77. The molecular formula is C14H21Cl2N3O. The van der Waals surface area contributed by atoms with Crippen molar-refractivity contribution in [2.75, 3.05) is 26.2 Å². The summed E-state index contributed by atoms with van der Waals surface area (Å²) in [4.78, 5) is 2.35. The van der Waals surface area contributed by atoms with E-state index in [1.807, 2.05) is 18.2 Å². The molecule has 0 aromatic heterocycles. The van der Waals surface area contributed by atoms with Crippen LogP contribution in [-0.4, -0.2) is 43.3 Å². The largest absolute Gasteiger partial charge is 0.374 e. The van der Waals surface area contributed by atoms with Crippen LogP contribution in [0.4, 0.5) is 0 Å². The van der Waals surface area contributed by atoms with Gasteiger partial charge in [0, 0.05) is 23.1 Å². The van der Waals surface area contributed by atoms with E-state index in [1.54, 1.807) is 0 Å². The van der Waals surface area contributed by atoms with Gasteiger partial charge in [-0.15, -0.1) is 0 Å². The minimum atomic E-state index is -0.0123. The number of halogens is 2. The molecular weight excluding hydrogens is 297 g/mol. The Morgan fingerprint density at radius 3 is 2.75 bits per heavy atom. The van der Waals surface area contributed by atoms with Crippen molar-refractivity contribution in [1.82, 2.24) is 10.3 Å². The first kappa shape index (κ1) is 16.0. The zero-order valence-electron chi connectivity index (χ0n) is 11.6. The summed E-state index contributed by atoms with van der Waals surface area (Å²) < 4.78 is 5.84. The SMILES string of the molecule is CCN1CCOC(C(Cc2c(Cl)cccc2Cl)NN)C1. The Balaban J connectivity index is 2.08. The second-order valence-corrected chi connectivity index (χ2v) is 5.79. The highest BCUT2D eigenvalue weighted by Crippen LogP contribution is 2.26. The predicted octanol–water partition coefficient (Wildman–Crippen LogP) is 2.09. The summed E-state index contributed by atoms with van der Waals surface area (Å²) in [5.74, 6) is 5.70. The summed E-state index contributed by atoms with van der Waals surface area (Å²) in [5, 5.41) is 1.34. The number of nitrogens with two attached hydrogens (primary N) is 1. The molecule has 20 heavy (non-hydrogen) atoms. The van der Waals surface area contributed by atoms with E-state index in [2.05, 4.69) is 17.2 Å². The molecule has 1 fully saturated rings. The summed E-state index contributed by atoms with van der Waals surface area (Å²) in [6.07, 6.45) is 0.693. The van der Waals surface area contributed by atoms with E-state index < -0.39 is 0 Å². The van der Waals surface area contributed by atoms with Crippen LogP contribution in [0.2, 0.25) is 10.0 Å². The lowest BCUT2D eigenvalue weighted by atomic mass is 10.0. The van der Waals surface area contributed by atoms with Crippen LogP contribution < -0.4 is 11.3 Å². The van der Waals surface area contributed by atoms with Crippen molar-refractivity contribution in [2.45, 2.75) is 25.5 Å². The first-order valence-corrected chi connectivity index (χ1v) is 7.64. The van der Waals surface area contributed by atoms with Gasteiger partial charge in [0.15, 0.2) is 0 Å². The maximum Gasteiger partial charge on any atom is 0.0871 e. The standard InChI is InChI=1S/C14H21Cl2N3O/c1-2-19-6-7-20-14(9-19)13(18-17)8-10-11(15)4-3-5-12(10)16/h3-5,13-14,18H,2,6-9,17H2,1H3. The number of likely N-dealkylation sites (N-methyl/N-ethyl adjacent to an activating group) is 1. The fraction of sp³-hybridized carbons (Fsp3) is 0.571.